The Hall–Kier alpha value is -8.62. The minimum absolute atomic E-state index is 0.0374. The molecule has 0 unspecified atom stereocenters. The first-order valence-electron chi connectivity index (χ1n) is 26.5. The van der Waals surface area contributed by atoms with Crippen molar-refractivity contribution in [1.29, 1.82) is 0 Å². The zero-order chi connectivity index (χ0) is 63.0. The SMILES string of the molecule is COCC(=O)c1nn(-c2ccccc2Cl)c(-c2noc(-c3cccc(C)c3)n2)c1Br.COCC(=O)c1nn(-c2ccccc2Cl)c(-c2noc(-c3cccc(C)c3)n2)c1Cl.Cc1cccc(-c2nc(-c3c(Br)c(C(=O)CO)nn3-c3ccccc3Cl)no2)c1. The standard InChI is InChI=1S/C21H16BrClN4O3.C21H16Cl2N4O3.C20H14BrClN4O3/c1-12-6-5-7-13(10-12)21-24-20(26-30-21)19-17(22)18(16(28)11-29-2)25-27(19)15-9-4-3-8-14(15)23;1-12-6-5-7-13(10-12)21-24-20(26-30-21)19-17(23)18(16(28)11-29-2)25-27(19)15-9-4-3-8-14(15)22;1-11-5-4-6-12(9-11)20-23-19(25-29-20)18-16(21)17(15(28)10-27)24-26(18)14-8-3-2-7-13(14)22/h2*3-10H,11H2,1-2H3;2-9,27H,10H2,1H3. The first kappa shape index (κ1) is 63.4. The van der Waals surface area contributed by atoms with E-state index in [-0.39, 0.29) is 64.4 Å². The van der Waals surface area contributed by atoms with E-state index in [1.165, 1.54) is 28.3 Å². The number of hydrogen-bond donors (Lipinski definition) is 1. The van der Waals surface area contributed by atoms with Crippen LogP contribution in [0.4, 0.5) is 0 Å². The number of Topliss-reactive ketones (excluding diaryl/α,β-unsaturated/α-hetero) is 3. The Morgan fingerprint density at radius 1 is 0.461 bits per heavy atom. The molecule has 21 nitrogen and oxygen atoms in total. The molecule has 6 heterocycles. The molecule has 27 heteroatoms. The number of rotatable bonds is 17. The molecule has 6 aromatic carbocycles. The van der Waals surface area contributed by atoms with Crippen molar-refractivity contribution in [1.82, 2.24) is 59.8 Å². The number of carbonyl (C=O) groups excluding carboxylic acids is 3. The van der Waals surface area contributed by atoms with E-state index in [4.69, 9.17) is 69.4 Å². The summed E-state index contributed by atoms with van der Waals surface area (Å²) in [5.74, 6) is 0.457. The number of halogens is 6. The van der Waals surface area contributed by atoms with Gasteiger partial charge in [-0.05, 0) is 125 Å². The highest BCUT2D eigenvalue weighted by Crippen LogP contribution is 2.39. The molecular weight excluding hydrogens is 1360 g/mol. The van der Waals surface area contributed by atoms with Crippen molar-refractivity contribution in [3.8, 4) is 86.0 Å². The van der Waals surface area contributed by atoms with Crippen molar-refractivity contribution in [2.45, 2.75) is 20.8 Å². The van der Waals surface area contributed by atoms with E-state index < -0.39 is 12.4 Å². The van der Waals surface area contributed by atoms with Crippen LogP contribution in [0.25, 0.3) is 86.0 Å². The Morgan fingerprint density at radius 3 is 1.13 bits per heavy atom. The molecule has 0 aliphatic rings. The average Bonchev–Trinajstić information content (AvgIpc) is 1.68. The highest BCUT2D eigenvalue weighted by Gasteiger charge is 2.31. The van der Waals surface area contributed by atoms with Crippen LogP contribution in [0.2, 0.25) is 20.1 Å². The topological polar surface area (TPSA) is 260 Å². The summed E-state index contributed by atoms with van der Waals surface area (Å²) in [5.41, 5.74) is 8.56. The third-order valence-electron chi connectivity index (χ3n) is 12.9. The number of hydrogen-bond acceptors (Lipinski definition) is 18. The number of aliphatic hydroxyl groups excluding tert-OH is 1. The molecule has 0 saturated heterocycles. The van der Waals surface area contributed by atoms with E-state index in [1.807, 2.05) is 106 Å². The summed E-state index contributed by atoms with van der Waals surface area (Å²) in [6.45, 7) is 4.96. The van der Waals surface area contributed by atoms with Crippen LogP contribution < -0.4 is 0 Å². The fraction of sp³-hybridized carbons (Fsp3) is 0.129. The van der Waals surface area contributed by atoms with Crippen LogP contribution in [0.5, 0.6) is 0 Å². The van der Waals surface area contributed by atoms with Gasteiger partial charge in [0.2, 0.25) is 34.8 Å². The van der Waals surface area contributed by atoms with Crippen molar-refractivity contribution in [3.63, 3.8) is 0 Å². The molecule has 12 aromatic rings. The van der Waals surface area contributed by atoms with Crippen LogP contribution in [-0.2, 0) is 9.47 Å². The predicted molar refractivity (Wildman–Crippen MR) is 340 cm³/mol. The molecule has 0 radical (unpaired) electrons. The molecule has 0 atom stereocenters. The van der Waals surface area contributed by atoms with Gasteiger partial charge in [0.05, 0.1) is 41.1 Å². The fourth-order valence-corrected chi connectivity index (χ4v) is 11.1. The molecule has 0 amide bonds. The number of ketones is 3. The van der Waals surface area contributed by atoms with E-state index in [0.29, 0.717) is 75.8 Å². The zero-order valence-corrected chi connectivity index (χ0v) is 53.5. The van der Waals surface area contributed by atoms with Crippen LogP contribution in [0, 0.1) is 20.8 Å². The number of aryl methyl sites for hydroxylation is 3. The largest absolute Gasteiger partial charge is 0.388 e. The number of carbonyl (C=O) groups is 3. The van der Waals surface area contributed by atoms with Gasteiger partial charge in [0, 0.05) is 30.9 Å². The third kappa shape index (κ3) is 13.8. The normalized spacial score (nSPS) is 11.1. The second kappa shape index (κ2) is 28.3. The first-order valence-corrected chi connectivity index (χ1v) is 29.6. The molecule has 89 heavy (non-hydrogen) atoms. The average molecular weight is 1400 g/mol. The van der Waals surface area contributed by atoms with Crippen LogP contribution in [0.3, 0.4) is 0 Å². The zero-order valence-electron chi connectivity index (χ0n) is 47.3. The van der Waals surface area contributed by atoms with E-state index in [2.05, 4.69) is 77.6 Å². The second-order valence-corrected chi connectivity index (χ2v) is 22.5. The van der Waals surface area contributed by atoms with Gasteiger partial charge in [0.1, 0.15) is 53.3 Å². The van der Waals surface area contributed by atoms with Gasteiger partial charge in [-0.1, -0.05) is 151 Å². The minimum atomic E-state index is -0.682. The van der Waals surface area contributed by atoms with Gasteiger partial charge < -0.3 is 28.1 Å². The molecule has 0 fully saturated rings. The fourth-order valence-electron chi connectivity index (χ4n) is 8.82. The number of benzene rings is 6. The summed E-state index contributed by atoms with van der Waals surface area (Å²) in [4.78, 5) is 50.6. The van der Waals surface area contributed by atoms with Crippen LogP contribution >= 0.6 is 78.3 Å². The molecule has 0 bridgehead atoms. The number of para-hydroxylation sites is 3. The lowest BCUT2D eigenvalue weighted by Crippen LogP contribution is -2.09. The predicted octanol–water partition coefficient (Wildman–Crippen LogP) is 14.7. The molecular formula is C62H46Br2Cl4N12O9. The van der Waals surface area contributed by atoms with E-state index in [9.17, 15) is 19.5 Å². The monoisotopic (exact) mass is 1400 g/mol. The molecule has 0 spiro atoms. The third-order valence-corrected chi connectivity index (χ3v) is 15.7. The minimum Gasteiger partial charge on any atom is -0.388 e. The Balaban J connectivity index is 0.000000147. The van der Waals surface area contributed by atoms with Gasteiger partial charge in [-0.3, -0.25) is 14.4 Å². The van der Waals surface area contributed by atoms with Crippen LogP contribution in [0.15, 0.2) is 168 Å². The first-order chi connectivity index (χ1) is 43.0. The Kier molecular flexibility index (Phi) is 20.1. The lowest BCUT2D eigenvalue weighted by molar-refractivity contribution is 0.0836. The Bertz CT molecular complexity index is 4400. The number of ether oxygens (including phenoxy) is 2. The maximum Gasteiger partial charge on any atom is 0.258 e. The van der Waals surface area contributed by atoms with Gasteiger partial charge in [0.25, 0.3) is 17.7 Å². The lowest BCUT2D eigenvalue weighted by Gasteiger charge is -2.06. The highest BCUT2D eigenvalue weighted by molar-refractivity contribution is 9.11. The summed E-state index contributed by atoms with van der Waals surface area (Å²) in [6.07, 6.45) is 0. The lowest BCUT2D eigenvalue weighted by atomic mass is 10.1. The quantitative estimate of drug-likeness (QED) is 0.0831. The molecule has 6 aromatic heterocycles. The van der Waals surface area contributed by atoms with E-state index >= 15 is 0 Å². The number of nitrogens with zero attached hydrogens (tertiary/aromatic N) is 12. The van der Waals surface area contributed by atoms with Crippen molar-refractivity contribution in [3.05, 3.63) is 208 Å². The summed E-state index contributed by atoms with van der Waals surface area (Å²) in [5, 5.41) is 36.1. The summed E-state index contributed by atoms with van der Waals surface area (Å²) < 4.78 is 31.5. The molecule has 12 rings (SSSR count). The summed E-state index contributed by atoms with van der Waals surface area (Å²) >= 11 is 32.5. The van der Waals surface area contributed by atoms with E-state index in [1.54, 1.807) is 60.7 Å². The number of aliphatic hydroxyl groups is 1. The van der Waals surface area contributed by atoms with Crippen LogP contribution in [0.1, 0.15) is 48.2 Å². The second-order valence-electron chi connectivity index (χ2n) is 19.3. The summed E-state index contributed by atoms with van der Waals surface area (Å²) in [7, 11) is 2.87. The Morgan fingerprint density at radius 2 is 0.787 bits per heavy atom. The maximum absolute atomic E-state index is 12.5. The molecule has 450 valence electrons. The van der Waals surface area contributed by atoms with Crippen molar-refractivity contribution in [2.24, 2.45) is 0 Å². The van der Waals surface area contributed by atoms with Gasteiger partial charge in [-0.25, -0.2) is 14.0 Å². The van der Waals surface area contributed by atoms with E-state index in [0.717, 1.165) is 33.4 Å². The number of aromatic nitrogens is 12. The van der Waals surface area contributed by atoms with Gasteiger partial charge in [-0.2, -0.15) is 30.2 Å². The Labute approximate surface area is 543 Å². The van der Waals surface area contributed by atoms with Gasteiger partial charge in [0.15, 0.2) is 5.69 Å². The van der Waals surface area contributed by atoms with Gasteiger partial charge in [-0.15, -0.1) is 0 Å². The molecule has 0 aliphatic carbocycles. The van der Waals surface area contributed by atoms with Crippen molar-refractivity contribution >= 4 is 95.6 Å². The molecule has 0 saturated carbocycles. The number of methoxy groups -OCH3 is 2. The molecule has 1 N–H and O–H groups in total. The smallest absolute Gasteiger partial charge is 0.258 e. The molecule has 0 aliphatic heterocycles. The van der Waals surface area contributed by atoms with Crippen molar-refractivity contribution in [2.75, 3.05) is 34.0 Å². The van der Waals surface area contributed by atoms with Gasteiger partial charge >= 0.3 is 0 Å². The summed E-state index contributed by atoms with van der Waals surface area (Å²) in [6, 6.07) is 44.3. The highest BCUT2D eigenvalue weighted by atomic mass is 79.9. The maximum atomic E-state index is 12.5. The van der Waals surface area contributed by atoms with Crippen LogP contribution in [-0.4, -0.2) is 116 Å². The van der Waals surface area contributed by atoms with Crippen molar-refractivity contribution < 1.29 is 42.5 Å².